The van der Waals surface area contributed by atoms with Crippen molar-refractivity contribution in [3.8, 4) is 0 Å². The van der Waals surface area contributed by atoms with Crippen molar-refractivity contribution < 1.29 is 9.90 Å². The van der Waals surface area contributed by atoms with E-state index in [4.69, 9.17) is 5.11 Å². The Balaban J connectivity index is 1.68. The molecule has 1 saturated heterocycles. The van der Waals surface area contributed by atoms with Crippen LogP contribution in [0.15, 0.2) is 30.3 Å². The molecule has 0 saturated carbocycles. The largest absolute Gasteiger partial charge is 0.395 e. The maximum atomic E-state index is 12.0. The van der Waals surface area contributed by atoms with Crippen molar-refractivity contribution in [3.63, 3.8) is 0 Å². The summed E-state index contributed by atoms with van der Waals surface area (Å²) in [7, 11) is 0. The molecule has 116 valence electrons. The standard InChI is InChI=1S/C17H26N2O2/c20-15-14-19-11-5-10-18(12-13-19)9-4-8-17(21)16-6-2-1-3-7-16/h1-3,6-7,20H,4-5,8-15H2. The molecule has 4 heteroatoms. The molecule has 1 fully saturated rings. The van der Waals surface area contributed by atoms with E-state index >= 15 is 0 Å². The fourth-order valence-electron chi connectivity index (χ4n) is 2.84. The highest BCUT2D eigenvalue weighted by atomic mass is 16.3. The van der Waals surface area contributed by atoms with Gasteiger partial charge in [0.25, 0.3) is 0 Å². The second-order valence-corrected chi connectivity index (χ2v) is 5.65. The molecule has 4 nitrogen and oxygen atoms in total. The summed E-state index contributed by atoms with van der Waals surface area (Å²) in [4.78, 5) is 16.8. The van der Waals surface area contributed by atoms with Crippen LogP contribution in [0, 0.1) is 0 Å². The van der Waals surface area contributed by atoms with Gasteiger partial charge in [-0.15, -0.1) is 0 Å². The number of hydrogen-bond donors (Lipinski definition) is 1. The molecular formula is C17H26N2O2. The molecule has 1 aromatic carbocycles. The quantitative estimate of drug-likeness (QED) is 0.776. The number of aliphatic hydroxyl groups excluding tert-OH is 1. The number of Topliss-reactive ketones (excluding diaryl/α,β-unsaturated/α-hetero) is 1. The smallest absolute Gasteiger partial charge is 0.162 e. The third kappa shape index (κ3) is 5.58. The first-order valence-electron chi connectivity index (χ1n) is 7.93. The van der Waals surface area contributed by atoms with Crippen molar-refractivity contribution in [2.24, 2.45) is 0 Å². The first kappa shape index (κ1) is 16.1. The van der Waals surface area contributed by atoms with Gasteiger partial charge in [-0.05, 0) is 32.5 Å². The zero-order valence-electron chi connectivity index (χ0n) is 12.7. The zero-order valence-corrected chi connectivity index (χ0v) is 12.7. The summed E-state index contributed by atoms with van der Waals surface area (Å²) in [6.07, 6.45) is 2.70. The number of ketones is 1. The van der Waals surface area contributed by atoms with E-state index in [0.717, 1.165) is 57.7 Å². The zero-order chi connectivity index (χ0) is 14.9. The van der Waals surface area contributed by atoms with Crippen LogP contribution >= 0.6 is 0 Å². The molecule has 1 aromatic rings. The topological polar surface area (TPSA) is 43.8 Å². The van der Waals surface area contributed by atoms with Gasteiger partial charge in [0.1, 0.15) is 0 Å². The molecule has 1 aliphatic heterocycles. The van der Waals surface area contributed by atoms with Crippen LogP contribution in [-0.4, -0.2) is 66.6 Å². The minimum absolute atomic E-state index is 0.242. The van der Waals surface area contributed by atoms with E-state index in [2.05, 4.69) is 9.80 Å². The molecule has 0 aliphatic carbocycles. The van der Waals surface area contributed by atoms with Gasteiger partial charge >= 0.3 is 0 Å². The Morgan fingerprint density at radius 1 is 1.00 bits per heavy atom. The molecule has 0 spiro atoms. The molecule has 1 N–H and O–H groups in total. The average molecular weight is 290 g/mol. The van der Waals surface area contributed by atoms with Gasteiger partial charge < -0.3 is 10.0 Å². The van der Waals surface area contributed by atoms with Crippen LogP contribution in [0.2, 0.25) is 0 Å². The third-order valence-electron chi connectivity index (χ3n) is 4.07. The summed E-state index contributed by atoms with van der Waals surface area (Å²) in [5.74, 6) is 0.243. The van der Waals surface area contributed by atoms with Crippen molar-refractivity contribution in [2.45, 2.75) is 19.3 Å². The van der Waals surface area contributed by atoms with Crippen molar-refractivity contribution in [1.29, 1.82) is 0 Å². The summed E-state index contributed by atoms with van der Waals surface area (Å²) in [6.45, 7) is 6.24. The van der Waals surface area contributed by atoms with Crippen LogP contribution in [0.3, 0.4) is 0 Å². The maximum absolute atomic E-state index is 12.0. The van der Waals surface area contributed by atoms with Gasteiger partial charge in [-0.1, -0.05) is 30.3 Å². The number of β-amino-alcohol motifs (C(OH)–C–C–N with tert-alkyl or cyclic N) is 1. The fourth-order valence-corrected chi connectivity index (χ4v) is 2.84. The highest BCUT2D eigenvalue weighted by Gasteiger charge is 2.14. The maximum Gasteiger partial charge on any atom is 0.162 e. The monoisotopic (exact) mass is 290 g/mol. The number of rotatable bonds is 7. The first-order chi connectivity index (χ1) is 10.3. The number of carbonyl (C=O) groups is 1. The van der Waals surface area contributed by atoms with Gasteiger partial charge in [-0.3, -0.25) is 9.69 Å². The van der Waals surface area contributed by atoms with Gasteiger partial charge in [0.2, 0.25) is 0 Å². The SMILES string of the molecule is O=C(CCCN1CCCN(CCO)CC1)c1ccccc1. The molecule has 0 unspecified atom stereocenters. The van der Waals surface area contributed by atoms with Crippen molar-refractivity contribution >= 4 is 5.78 Å². The summed E-state index contributed by atoms with van der Waals surface area (Å²) in [5.41, 5.74) is 0.822. The Hall–Kier alpha value is -1.23. The summed E-state index contributed by atoms with van der Waals surface area (Å²) >= 11 is 0. The lowest BCUT2D eigenvalue weighted by atomic mass is 10.1. The van der Waals surface area contributed by atoms with Gasteiger partial charge in [-0.25, -0.2) is 0 Å². The highest BCUT2D eigenvalue weighted by molar-refractivity contribution is 5.95. The van der Waals surface area contributed by atoms with Crippen molar-refractivity contribution in [2.75, 3.05) is 45.9 Å². The van der Waals surface area contributed by atoms with Gasteiger partial charge in [0.15, 0.2) is 5.78 Å². The lowest BCUT2D eigenvalue weighted by Crippen LogP contribution is -2.33. The Morgan fingerprint density at radius 2 is 1.67 bits per heavy atom. The molecular weight excluding hydrogens is 264 g/mol. The van der Waals surface area contributed by atoms with E-state index < -0.39 is 0 Å². The molecule has 0 aromatic heterocycles. The first-order valence-corrected chi connectivity index (χ1v) is 7.93. The molecule has 2 rings (SSSR count). The van der Waals surface area contributed by atoms with Gasteiger partial charge in [0.05, 0.1) is 6.61 Å². The Bertz CT molecular complexity index is 422. The summed E-state index contributed by atoms with van der Waals surface area (Å²) in [6, 6.07) is 9.55. The number of benzene rings is 1. The predicted octanol–water partition coefficient (Wildman–Crippen LogP) is 1.65. The molecule has 0 atom stereocenters. The minimum Gasteiger partial charge on any atom is -0.395 e. The summed E-state index contributed by atoms with van der Waals surface area (Å²) in [5, 5.41) is 8.99. The second-order valence-electron chi connectivity index (χ2n) is 5.65. The highest BCUT2D eigenvalue weighted by Crippen LogP contribution is 2.08. The Morgan fingerprint density at radius 3 is 2.33 bits per heavy atom. The minimum atomic E-state index is 0.242. The van der Waals surface area contributed by atoms with Crippen LogP contribution in [0.25, 0.3) is 0 Å². The van der Waals surface area contributed by atoms with E-state index in [9.17, 15) is 4.79 Å². The number of nitrogens with zero attached hydrogens (tertiary/aromatic N) is 2. The Kier molecular flexibility index (Phi) is 6.86. The second kappa shape index (κ2) is 8.93. The van der Waals surface area contributed by atoms with Crippen LogP contribution in [0.5, 0.6) is 0 Å². The van der Waals surface area contributed by atoms with Crippen molar-refractivity contribution in [3.05, 3.63) is 35.9 Å². The van der Waals surface area contributed by atoms with Crippen LogP contribution in [-0.2, 0) is 0 Å². The van der Waals surface area contributed by atoms with E-state index in [1.165, 1.54) is 0 Å². The number of hydrogen-bond acceptors (Lipinski definition) is 4. The van der Waals surface area contributed by atoms with Crippen LogP contribution < -0.4 is 0 Å². The predicted molar refractivity (Wildman–Crippen MR) is 84.6 cm³/mol. The fraction of sp³-hybridized carbons (Fsp3) is 0.588. The molecule has 1 aliphatic rings. The molecule has 0 radical (unpaired) electrons. The molecule has 1 heterocycles. The van der Waals surface area contributed by atoms with E-state index in [-0.39, 0.29) is 12.4 Å². The summed E-state index contributed by atoms with van der Waals surface area (Å²) < 4.78 is 0. The molecule has 21 heavy (non-hydrogen) atoms. The lowest BCUT2D eigenvalue weighted by molar-refractivity contribution is 0.0974. The van der Waals surface area contributed by atoms with E-state index in [0.29, 0.717) is 6.42 Å². The molecule has 0 bridgehead atoms. The van der Waals surface area contributed by atoms with E-state index in [1.807, 2.05) is 30.3 Å². The molecule has 0 amide bonds. The van der Waals surface area contributed by atoms with Gasteiger partial charge in [-0.2, -0.15) is 0 Å². The third-order valence-corrected chi connectivity index (χ3v) is 4.07. The van der Waals surface area contributed by atoms with Crippen molar-refractivity contribution in [1.82, 2.24) is 9.80 Å². The van der Waals surface area contributed by atoms with Gasteiger partial charge in [0, 0.05) is 31.6 Å². The normalized spacial score (nSPS) is 17.6. The van der Waals surface area contributed by atoms with Crippen LogP contribution in [0.1, 0.15) is 29.6 Å². The Labute approximate surface area is 127 Å². The lowest BCUT2D eigenvalue weighted by Gasteiger charge is -2.21. The number of carbonyl (C=O) groups excluding carboxylic acids is 1. The van der Waals surface area contributed by atoms with Crippen LogP contribution in [0.4, 0.5) is 0 Å². The van der Waals surface area contributed by atoms with E-state index in [1.54, 1.807) is 0 Å². The number of aliphatic hydroxyl groups is 1. The average Bonchev–Trinajstić information content (AvgIpc) is 2.74.